The summed E-state index contributed by atoms with van der Waals surface area (Å²) < 4.78 is 27.4. The number of hydrogen-bond acceptors (Lipinski definition) is 6. The number of nitrogens with zero attached hydrogens (tertiary/aromatic N) is 4. The Kier molecular flexibility index (Phi) is 3.89. The van der Waals surface area contributed by atoms with Crippen LogP contribution in [0, 0.1) is 17.2 Å². The molecule has 4 rings (SSSR count). The Morgan fingerprint density at radius 3 is 2.96 bits per heavy atom. The van der Waals surface area contributed by atoms with Gasteiger partial charge in [-0.2, -0.15) is 5.26 Å². The molecule has 0 aromatic carbocycles. The summed E-state index contributed by atoms with van der Waals surface area (Å²) in [5.41, 5.74) is 0.797. The summed E-state index contributed by atoms with van der Waals surface area (Å²) in [5.74, 6) is 0.859. The number of aromatic amines is 1. The van der Waals surface area contributed by atoms with Gasteiger partial charge in [0.1, 0.15) is 17.8 Å². The highest BCUT2D eigenvalue weighted by Gasteiger charge is 2.48. The molecule has 2 atom stereocenters. The Balaban J connectivity index is 1.36. The van der Waals surface area contributed by atoms with E-state index in [4.69, 9.17) is 5.26 Å². The molecule has 2 aliphatic carbocycles. The summed E-state index contributed by atoms with van der Waals surface area (Å²) >= 11 is 0. The lowest BCUT2D eigenvalue weighted by Crippen LogP contribution is -2.53. The number of aromatic nitrogens is 3. The molecule has 2 heterocycles. The molecule has 0 radical (unpaired) electrons. The number of nitrogens with one attached hydrogen (secondary N) is 2. The number of hydrogen-bond donors (Lipinski definition) is 2. The first-order valence-corrected chi connectivity index (χ1v) is 9.93. The van der Waals surface area contributed by atoms with Crippen LogP contribution in [-0.4, -0.2) is 47.8 Å². The maximum absolute atomic E-state index is 12.3. The van der Waals surface area contributed by atoms with Crippen molar-refractivity contribution in [2.45, 2.75) is 43.0 Å². The summed E-state index contributed by atoms with van der Waals surface area (Å²) in [6.45, 7) is 0. The van der Waals surface area contributed by atoms with E-state index in [0.29, 0.717) is 12.8 Å². The van der Waals surface area contributed by atoms with Crippen LogP contribution in [0.3, 0.4) is 0 Å². The molecule has 0 bridgehead atoms. The zero-order chi connectivity index (χ0) is 17.6. The summed E-state index contributed by atoms with van der Waals surface area (Å²) in [4.78, 5) is 13.7. The molecule has 0 unspecified atom stereocenters. The number of H-pyrrole nitrogens is 1. The van der Waals surface area contributed by atoms with Crippen LogP contribution >= 0.6 is 0 Å². The molecule has 0 aliphatic heterocycles. The van der Waals surface area contributed by atoms with E-state index in [2.05, 4.69) is 30.6 Å². The largest absolute Gasteiger partial charge is 0.356 e. The minimum absolute atomic E-state index is 0.00365. The molecule has 2 N–H and O–H groups in total. The van der Waals surface area contributed by atoms with Gasteiger partial charge in [0.2, 0.25) is 10.0 Å². The maximum Gasteiger partial charge on any atom is 0.215 e. The molecule has 2 fully saturated rings. The first-order chi connectivity index (χ1) is 12.0. The van der Waals surface area contributed by atoms with Crippen molar-refractivity contribution in [1.82, 2.24) is 19.7 Å². The van der Waals surface area contributed by atoms with Crippen LogP contribution < -0.4 is 9.62 Å². The van der Waals surface area contributed by atoms with Crippen molar-refractivity contribution in [2.75, 3.05) is 11.9 Å². The van der Waals surface area contributed by atoms with Gasteiger partial charge in [0.15, 0.2) is 0 Å². The van der Waals surface area contributed by atoms with Crippen molar-refractivity contribution >= 4 is 26.9 Å². The van der Waals surface area contributed by atoms with Crippen LogP contribution in [0.1, 0.15) is 25.7 Å². The maximum atomic E-state index is 12.3. The lowest BCUT2D eigenvalue weighted by molar-refractivity contribution is 0.316. The van der Waals surface area contributed by atoms with Crippen LogP contribution in [0.5, 0.6) is 0 Å². The second-order valence-corrected chi connectivity index (χ2v) is 8.86. The van der Waals surface area contributed by atoms with E-state index in [1.54, 1.807) is 0 Å². The van der Waals surface area contributed by atoms with Gasteiger partial charge in [-0.05, 0) is 31.2 Å². The molecule has 2 aliphatic rings. The fourth-order valence-corrected chi connectivity index (χ4v) is 5.50. The molecular weight excluding hydrogens is 340 g/mol. The van der Waals surface area contributed by atoms with Gasteiger partial charge in [0.05, 0.1) is 16.7 Å². The Bertz CT molecular complexity index is 927. The topological polar surface area (TPSA) is 115 Å². The zero-order valence-electron chi connectivity index (χ0n) is 13.9. The minimum Gasteiger partial charge on any atom is -0.356 e. The highest BCUT2D eigenvalue weighted by Crippen LogP contribution is 2.40. The number of nitriles is 1. The van der Waals surface area contributed by atoms with Crippen molar-refractivity contribution in [3.05, 3.63) is 18.6 Å². The third-order valence-corrected chi connectivity index (χ3v) is 7.30. The van der Waals surface area contributed by atoms with Crippen molar-refractivity contribution < 1.29 is 8.42 Å². The van der Waals surface area contributed by atoms with Crippen molar-refractivity contribution in [1.29, 1.82) is 5.26 Å². The third kappa shape index (κ3) is 2.96. The van der Waals surface area contributed by atoms with E-state index in [9.17, 15) is 8.42 Å². The van der Waals surface area contributed by atoms with E-state index in [0.717, 1.165) is 29.7 Å². The zero-order valence-corrected chi connectivity index (χ0v) is 14.7. The average molecular weight is 360 g/mol. The first-order valence-electron chi connectivity index (χ1n) is 8.38. The van der Waals surface area contributed by atoms with Gasteiger partial charge in [-0.3, -0.25) is 0 Å². The summed E-state index contributed by atoms with van der Waals surface area (Å²) in [7, 11) is -1.33. The second kappa shape index (κ2) is 5.97. The molecule has 2 aromatic heterocycles. The number of anilines is 1. The number of fused-ring (bicyclic) bond motifs is 1. The van der Waals surface area contributed by atoms with Gasteiger partial charge in [0.25, 0.3) is 0 Å². The Morgan fingerprint density at radius 2 is 2.20 bits per heavy atom. The van der Waals surface area contributed by atoms with Crippen molar-refractivity contribution in [3.63, 3.8) is 0 Å². The molecule has 0 amide bonds. The molecular formula is C16H20N6O2S. The summed E-state index contributed by atoms with van der Waals surface area (Å²) in [6.07, 6.45) is 5.80. The lowest BCUT2D eigenvalue weighted by atomic mass is 9.86. The van der Waals surface area contributed by atoms with E-state index < -0.39 is 10.0 Å². The van der Waals surface area contributed by atoms with Crippen LogP contribution in [0.25, 0.3) is 11.0 Å². The van der Waals surface area contributed by atoms with Gasteiger partial charge in [-0.1, -0.05) is 0 Å². The van der Waals surface area contributed by atoms with Gasteiger partial charge in [0, 0.05) is 31.7 Å². The van der Waals surface area contributed by atoms with E-state index in [1.807, 2.05) is 19.3 Å². The molecule has 2 aromatic rings. The Hall–Kier alpha value is -2.18. The van der Waals surface area contributed by atoms with E-state index in [-0.39, 0.29) is 23.3 Å². The Morgan fingerprint density at radius 1 is 1.40 bits per heavy atom. The molecule has 132 valence electrons. The van der Waals surface area contributed by atoms with Crippen LogP contribution in [0.2, 0.25) is 0 Å². The van der Waals surface area contributed by atoms with Crippen molar-refractivity contribution in [2.24, 2.45) is 5.92 Å². The van der Waals surface area contributed by atoms with Crippen molar-refractivity contribution in [3.8, 4) is 6.07 Å². The highest BCUT2D eigenvalue weighted by atomic mass is 32.2. The fourth-order valence-electron chi connectivity index (χ4n) is 3.56. The van der Waals surface area contributed by atoms with Crippen LogP contribution in [-0.2, 0) is 10.0 Å². The predicted molar refractivity (Wildman–Crippen MR) is 93.3 cm³/mol. The molecule has 2 saturated carbocycles. The highest BCUT2D eigenvalue weighted by molar-refractivity contribution is 7.90. The van der Waals surface area contributed by atoms with Gasteiger partial charge >= 0.3 is 0 Å². The molecule has 0 saturated heterocycles. The van der Waals surface area contributed by atoms with Gasteiger partial charge in [-0.15, -0.1) is 0 Å². The molecule has 9 heteroatoms. The summed E-state index contributed by atoms with van der Waals surface area (Å²) in [5, 5.41) is 9.26. The molecule has 0 spiro atoms. The van der Waals surface area contributed by atoms with E-state index >= 15 is 0 Å². The first kappa shape index (κ1) is 16.3. The number of sulfonamides is 1. The Labute approximate surface area is 146 Å². The second-order valence-electron chi connectivity index (χ2n) is 6.93. The van der Waals surface area contributed by atoms with Gasteiger partial charge < -0.3 is 9.88 Å². The molecule has 8 nitrogen and oxygen atoms in total. The minimum atomic E-state index is -3.31. The standard InChI is InChI=1S/C16H20N6O2S/c1-22(16-13-3-5-18-15(13)19-9-20-16)12-7-11(8-12)21-25(23,24)14-6-10(14)2-4-17/h3,5,9-12,14,21H,2,6-8H2,1H3,(H,18,19,20)/t10-,11-,12+,14-/m0/s1. The molecule has 25 heavy (non-hydrogen) atoms. The summed E-state index contributed by atoms with van der Waals surface area (Å²) in [6, 6.07) is 4.21. The third-order valence-electron chi connectivity index (χ3n) is 5.27. The normalized spacial score (nSPS) is 28.3. The monoisotopic (exact) mass is 360 g/mol. The van der Waals surface area contributed by atoms with Gasteiger partial charge in [-0.25, -0.2) is 23.1 Å². The van der Waals surface area contributed by atoms with Crippen LogP contribution in [0.4, 0.5) is 5.82 Å². The predicted octanol–water partition coefficient (Wildman–Crippen LogP) is 1.15. The smallest absolute Gasteiger partial charge is 0.215 e. The number of rotatable bonds is 6. The average Bonchev–Trinajstić information content (AvgIpc) is 3.17. The SMILES string of the molecule is CN(c1ncnc2[nH]ccc12)[C@H]1C[C@@H](NS(=O)(=O)[C@H]2C[C@@H]2CC#N)C1. The van der Waals surface area contributed by atoms with E-state index in [1.165, 1.54) is 6.33 Å². The lowest BCUT2D eigenvalue weighted by Gasteiger charge is -2.42. The quantitative estimate of drug-likeness (QED) is 0.798. The fraction of sp³-hybridized carbons (Fsp3) is 0.562. The van der Waals surface area contributed by atoms with Crippen LogP contribution in [0.15, 0.2) is 18.6 Å².